The third kappa shape index (κ3) is 3.38. The van der Waals surface area contributed by atoms with Crippen LogP contribution in [-0.2, 0) is 9.53 Å². The maximum Gasteiger partial charge on any atom is 0.323 e. The second kappa shape index (κ2) is 6.43. The Kier molecular flexibility index (Phi) is 4.63. The molecule has 1 aliphatic rings. The molecule has 0 saturated carbocycles. The van der Waals surface area contributed by atoms with Crippen LogP contribution in [0.3, 0.4) is 0 Å². The molecule has 1 unspecified atom stereocenters. The molecule has 1 N–H and O–H groups in total. The van der Waals surface area contributed by atoms with Gasteiger partial charge in [0.15, 0.2) is 11.5 Å². The summed E-state index contributed by atoms with van der Waals surface area (Å²) in [6.07, 6.45) is 0.554. The van der Waals surface area contributed by atoms with Crippen LogP contribution in [-0.4, -0.2) is 38.4 Å². The molecular formula is C14H19NO4. The van der Waals surface area contributed by atoms with E-state index in [1.165, 1.54) is 7.11 Å². The minimum atomic E-state index is -0.283. The summed E-state index contributed by atoms with van der Waals surface area (Å²) >= 11 is 0. The number of methoxy groups -OCH3 is 1. The van der Waals surface area contributed by atoms with Gasteiger partial charge in [-0.3, -0.25) is 4.79 Å². The lowest BCUT2D eigenvalue weighted by atomic mass is 10.2. The molecule has 0 aliphatic carbocycles. The van der Waals surface area contributed by atoms with Crippen LogP contribution >= 0.6 is 0 Å². The summed E-state index contributed by atoms with van der Waals surface area (Å²) in [5.41, 5.74) is 0. The minimum Gasteiger partial charge on any atom is -0.490 e. The first-order chi connectivity index (χ1) is 9.24. The third-order valence-corrected chi connectivity index (χ3v) is 3.02. The van der Waals surface area contributed by atoms with Crippen molar-refractivity contribution in [3.05, 3.63) is 24.3 Å². The Balaban J connectivity index is 1.97. The van der Waals surface area contributed by atoms with E-state index in [0.717, 1.165) is 5.75 Å². The smallest absolute Gasteiger partial charge is 0.323 e. The van der Waals surface area contributed by atoms with Crippen LogP contribution in [0.15, 0.2) is 24.3 Å². The highest BCUT2D eigenvalue weighted by molar-refractivity contribution is 5.76. The molecule has 5 nitrogen and oxygen atoms in total. The molecule has 0 aromatic heterocycles. The maximum absolute atomic E-state index is 11.4. The fourth-order valence-corrected chi connectivity index (χ4v) is 2.12. The Morgan fingerprint density at radius 3 is 2.79 bits per heavy atom. The van der Waals surface area contributed by atoms with Crippen LogP contribution < -0.4 is 14.8 Å². The van der Waals surface area contributed by atoms with E-state index in [4.69, 9.17) is 14.2 Å². The largest absolute Gasteiger partial charge is 0.490 e. The molecule has 1 aromatic carbocycles. The molecule has 0 spiro atoms. The van der Waals surface area contributed by atoms with Gasteiger partial charge in [0.05, 0.1) is 13.7 Å². The second-order valence-corrected chi connectivity index (χ2v) is 4.34. The van der Waals surface area contributed by atoms with E-state index in [1.807, 2.05) is 31.2 Å². The topological polar surface area (TPSA) is 56.8 Å². The molecule has 5 heteroatoms. The lowest BCUT2D eigenvalue weighted by molar-refractivity contribution is -0.142. The van der Waals surface area contributed by atoms with E-state index in [-0.39, 0.29) is 18.1 Å². The average molecular weight is 265 g/mol. The van der Waals surface area contributed by atoms with Crippen molar-refractivity contribution >= 4 is 5.97 Å². The number of esters is 1. The zero-order valence-corrected chi connectivity index (χ0v) is 11.2. The number of rotatable bonds is 5. The molecule has 1 fully saturated rings. The van der Waals surface area contributed by atoms with Crippen molar-refractivity contribution in [3.63, 3.8) is 0 Å². The van der Waals surface area contributed by atoms with Crippen molar-refractivity contribution in [2.75, 3.05) is 20.3 Å². The summed E-state index contributed by atoms with van der Waals surface area (Å²) in [6, 6.07) is 7.27. The number of ether oxygens (including phenoxy) is 3. The number of hydrogen-bond donors (Lipinski definition) is 1. The Morgan fingerprint density at radius 2 is 2.11 bits per heavy atom. The lowest BCUT2D eigenvalue weighted by Gasteiger charge is -2.16. The molecule has 1 aliphatic heterocycles. The summed E-state index contributed by atoms with van der Waals surface area (Å²) in [4.78, 5) is 11.4. The van der Waals surface area contributed by atoms with Gasteiger partial charge < -0.3 is 19.5 Å². The standard InChI is InChI=1S/C14H19NO4/c1-3-18-12-6-4-5-7-13(12)19-10-8-11(15-9-10)14(16)17-2/h4-7,10-11,15H,3,8-9H2,1-2H3/t10?,11-/m0/s1. The molecule has 104 valence electrons. The highest BCUT2D eigenvalue weighted by Crippen LogP contribution is 2.28. The van der Waals surface area contributed by atoms with Gasteiger partial charge in [-0.15, -0.1) is 0 Å². The number of nitrogens with one attached hydrogen (secondary N) is 1. The maximum atomic E-state index is 11.4. The highest BCUT2D eigenvalue weighted by Gasteiger charge is 2.31. The fourth-order valence-electron chi connectivity index (χ4n) is 2.12. The van der Waals surface area contributed by atoms with Crippen LogP contribution in [0.1, 0.15) is 13.3 Å². The van der Waals surface area contributed by atoms with E-state index in [9.17, 15) is 4.79 Å². The first-order valence-corrected chi connectivity index (χ1v) is 6.44. The van der Waals surface area contributed by atoms with Gasteiger partial charge in [0.2, 0.25) is 0 Å². The molecule has 2 atom stereocenters. The molecule has 1 heterocycles. The van der Waals surface area contributed by atoms with E-state index in [2.05, 4.69) is 5.32 Å². The molecule has 1 aromatic rings. The lowest BCUT2D eigenvalue weighted by Crippen LogP contribution is -2.31. The molecule has 0 radical (unpaired) electrons. The quantitative estimate of drug-likeness (QED) is 0.815. The predicted octanol–water partition coefficient (Wildman–Crippen LogP) is 1.37. The van der Waals surface area contributed by atoms with Crippen molar-refractivity contribution in [1.82, 2.24) is 5.32 Å². The number of benzene rings is 1. The van der Waals surface area contributed by atoms with Gasteiger partial charge in [-0.25, -0.2) is 0 Å². The van der Waals surface area contributed by atoms with E-state index < -0.39 is 0 Å². The minimum absolute atomic E-state index is 0.0503. The molecule has 2 rings (SSSR count). The van der Waals surface area contributed by atoms with Crippen molar-refractivity contribution in [1.29, 1.82) is 0 Å². The van der Waals surface area contributed by atoms with E-state index >= 15 is 0 Å². The van der Waals surface area contributed by atoms with Crippen LogP contribution in [0.5, 0.6) is 11.5 Å². The average Bonchev–Trinajstić information content (AvgIpc) is 2.89. The van der Waals surface area contributed by atoms with Gasteiger partial charge in [-0.1, -0.05) is 12.1 Å². The van der Waals surface area contributed by atoms with Gasteiger partial charge in [-0.05, 0) is 19.1 Å². The van der Waals surface area contributed by atoms with Crippen molar-refractivity contribution in [3.8, 4) is 11.5 Å². The SMILES string of the molecule is CCOc1ccccc1OC1CN[C@H](C(=O)OC)C1. The summed E-state index contributed by atoms with van der Waals surface area (Å²) in [5, 5.41) is 3.09. The van der Waals surface area contributed by atoms with Gasteiger partial charge in [0, 0.05) is 13.0 Å². The van der Waals surface area contributed by atoms with Crippen LogP contribution in [0.25, 0.3) is 0 Å². The zero-order valence-electron chi connectivity index (χ0n) is 11.2. The van der Waals surface area contributed by atoms with E-state index in [0.29, 0.717) is 25.3 Å². The van der Waals surface area contributed by atoms with Crippen LogP contribution in [0, 0.1) is 0 Å². The van der Waals surface area contributed by atoms with Crippen molar-refractivity contribution in [2.45, 2.75) is 25.5 Å². The van der Waals surface area contributed by atoms with Gasteiger partial charge >= 0.3 is 5.97 Å². The predicted molar refractivity (Wildman–Crippen MR) is 70.5 cm³/mol. The number of hydrogen-bond acceptors (Lipinski definition) is 5. The fraction of sp³-hybridized carbons (Fsp3) is 0.500. The van der Waals surface area contributed by atoms with Crippen LogP contribution in [0.2, 0.25) is 0 Å². The van der Waals surface area contributed by atoms with Crippen molar-refractivity contribution in [2.24, 2.45) is 0 Å². The first kappa shape index (κ1) is 13.7. The number of carbonyl (C=O) groups excluding carboxylic acids is 1. The monoisotopic (exact) mass is 265 g/mol. The Labute approximate surface area is 112 Å². The Hall–Kier alpha value is -1.75. The summed E-state index contributed by atoms with van der Waals surface area (Å²) in [7, 11) is 1.39. The molecule has 1 saturated heterocycles. The Bertz CT molecular complexity index is 435. The van der Waals surface area contributed by atoms with Crippen molar-refractivity contribution < 1.29 is 19.0 Å². The molecule has 0 bridgehead atoms. The molecule has 0 amide bonds. The van der Waals surface area contributed by atoms with Gasteiger partial charge in [0.1, 0.15) is 12.1 Å². The van der Waals surface area contributed by atoms with Crippen LogP contribution in [0.4, 0.5) is 0 Å². The number of carbonyl (C=O) groups is 1. The third-order valence-electron chi connectivity index (χ3n) is 3.02. The van der Waals surface area contributed by atoms with E-state index in [1.54, 1.807) is 0 Å². The molecular weight excluding hydrogens is 246 g/mol. The summed E-state index contributed by atoms with van der Waals surface area (Å²) < 4.78 is 16.1. The highest BCUT2D eigenvalue weighted by atomic mass is 16.5. The zero-order chi connectivity index (χ0) is 13.7. The summed E-state index contributed by atoms with van der Waals surface area (Å²) in [5.74, 6) is 1.19. The van der Waals surface area contributed by atoms with Gasteiger partial charge in [0.25, 0.3) is 0 Å². The first-order valence-electron chi connectivity index (χ1n) is 6.44. The molecule has 19 heavy (non-hydrogen) atoms. The number of para-hydroxylation sites is 2. The second-order valence-electron chi connectivity index (χ2n) is 4.34. The van der Waals surface area contributed by atoms with Gasteiger partial charge in [-0.2, -0.15) is 0 Å². The Morgan fingerprint density at radius 1 is 1.37 bits per heavy atom. The normalized spacial score (nSPS) is 22.0. The summed E-state index contributed by atoms with van der Waals surface area (Å²) in [6.45, 7) is 3.15.